The lowest BCUT2D eigenvalue weighted by molar-refractivity contribution is 0.0654. The summed E-state index contributed by atoms with van der Waals surface area (Å²) >= 11 is 0. The van der Waals surface area contributed by atoms with E-state index in [1.165, 1.54) is 24.0 Å². The predicted octanol–water partition coefficient (Wildman–Crippen LogP) is 6.09. The molecule has 140 valence electrons. The van der Waals surface area contributed by atoms with Crippen molar-refractivity contribution >= 4 is 0 Å². The molecule has 0 atom stereocenters. The van der Waals surface area contributed by atoms with E-state index < -0.39 is 0 Å². The average Bonchev–Trinajstić information content (AvgIpc) is 2.53. The van der Waals surface area contributed by atoms with E-state index in [0.717, 1.165) is 31.5 Å². The second-order valence-electron chi connectivity index (χ2n) is 7.62. The van der Waals surface area contributed by atoms with Crippen LogP contribution in [0.3, 0.4) is 0 Å². The van der Waals surface area contributed by atoms with Gasteiger partial charge in [0.25, 0.3) is 0 Å². The first kappa shape index (κ1) is 23.1. The van der Waals surface area contributed by atoms with Crippen LogP contribution in [0.15, 0.2) is 24.3 Å². The number of hydrogen-bond donors (Lipinski definition) is 0. The minimum Gasteiger partial charge on any atom is -0.382 e. The van der Waals surface area contributed by atoms with Gasteiger partial charge in [0.05, 0.1) is 13.2 Å². The molecule has 1 aromatic rings. The fraction of sp³-hybridized carbons (Fsp3) is 0.727. The highest BCUT2D eigenvalue weighted by Crippen LogP contribution is 2.17. The minimum absolute atomic E-state index is 0.647. The Balaban J connectivity index is 0.000000470. The van der Waals surface area contributed by atoms with Gasteiger partial charge in [0, 0.05) is 13.7 Å². The normalized spacial score (nSPS) is 11.1. The maximum atomic E-state index is 5.26. The highest BCUT2D eigenvalue weighted by Gasteiger charge is 2.01. The lowest BCUT2D eigenvalue weighted by atomic mass is 9.97. The molecule has 0 aliphatic rings. The first-order valence-electron chi connectivity index (χ1n) is 9.52. The summed E-state index contributed by atoms with van der Waals surface area (Å²) in [5, 5.41) is 0. The van der Waals surface area contributed by atoms with Gasteiger partial charge in [-0.25, -0.2) is 0 Å². The Morgan fingerprint density at radius 3 is 2.04 bits per heavy atom. The van der Waals surface area contributed by atoms with Crippen molar-refractivity contribution in [2.45, 2.75) is 66.7 Å². The zero-order valence-electron chi connectivity index (χ0n) is 17.1. The van der Waals surface area contributed by atoms with Crippen LogP contribution in [-0.2, 0) is 15.9 Å². The monoisotopic (exact) mass is 336 g/mol. The third kappa shape index (κ3) is 13.6. The molecule has 0 amide bonds. The minimum atomic E-state index is 0.647. The van der Waals surface area contributed by atoms with Crippen LogP contribution < -0.4 is 0 Å². The fourth-order valence-electron chi connectivity index (χ4n) is 2.13. The van der Waals surface area contributed by atoms with E-state index in [9.17, 15) is 0 Å². The smallest absolute Gasteiger partial charge is 0.0700 e. The van der Waals surface area contributed by atoms with Gasteiger partial charge < -0.3 is 9.47 Å². The molecule has 0 aromatic heterocycles. The Labute approximate surface area is 151 Å². The van der Waals surface area contributed by atoms with Crippen LogP contribution in [-0.4, -0.2) is 26.9 Å². The van der Waals surface area contributed by atoms with Gasteiger partial charge >= 0.3 is 0 Å². The summed E-state index contributed by atoms with van der Waals surface area (Å²) in [6, 6.07) is 9.01. The van der Waals surface area contributed by atoms with Gasteiger partial charge in [0.15, 0.2) is 0 Å². The maximum Gasteiger partial charge on any atom is 0.0700 e. The number of aryl methyl sites for hydroxylation is 1. The highest BCUT2D eigenvalue weighted by atomic mass is 16.5. The van der Waals surface area contributed by atoms with E-state index in [2.05, 4.69) is 65.8 Å². The van der Waals surface area contributed by atoms with Crippen molar-refractivity contribution in [3.63, 3.8) is 0 Å². The quantitative estimate of drug-likeness (QED) is 0.481. The summed E-state index contributed by atoms with van der Waals surface area (Å²) in [6.45, 7) is 15.8. The third-order valence-corrected chi connectivity index (χ3v) is 3.90. The van der Waals surface area contributed by atoms with Crippen molar-refractivity contribution in [2.24, 2.45) is 11.8 Å². The van der Waals surface area contributed by atoms with Crippen molar-refractivity contribution in [3.8, 4) is 0 Å². The van der Waals surface area contributed by atoms with E-state index in [4.69, 9.17) is 9.47 Å². The summed E-state index contributed by atoms with van der Waals surface area (Å²) in [5.74, 6) is 2.19. The Hall–Kier alpha value is -0.860. The molecule has 2 nitrogen and oxygen atoms in total. The van der Waals surface area contributed by atoms with Crippen molar-refractivity contribution in [1.82, 2.24) is 0 Å². The number of ether oxygens (including phenoxy) is 2. The van der Waals surface area contributed by atoms with Crippen molar-refractivity contribution in [3.05, 3.63) is 35.4 Å². The molecule has 0 radical (unpaired) electrons. The molecule has 0 spiro atoms. The van der Waals surface area contributed by atoms with Crippen LogP contribution in [0.2, 0.25) is 0 Å². The molecule has 0 fully saturated rings. The molecule has 0 unspecified atom stereocenters. The largest absolute Gasteiger partial charge is 0.382 e. The van der Waals surface area contributed by atoms with Crippen LogP contribution in [0.4, 0.5) is 0 Å². The molecule has 0 heterocycles. The second-order valence-corrected chi connectivity index (χ2v) is 7.62. The number of benzene rings is 1. The van der Waals surface area contributed by atoms with E-state index in [1.54, 1.807) is 7.11 Å². The van der Waals surface area contributed by atoms with Crippen LogP contribution in [0, 0.1) is 11.8 Å². The first-order valence-corrected chi connectivity index (χ1v) is 9.52. The topological polar surface area (TPSA) is 18.5 Å². The van der Waals surface area contributed by atoms with Gasteiger partial charge in [-0.2, -0.15) is 0 Å². The zero-order chi connectivity index (χ0) is 18.4. The van der Waals surface area contributed by atoms with E-state index in [1.807, 2.05) is 0 Å². The molecule has 2 heteroatoms. The summed E-state index contributed by atoms with van der Waals surface area (Å²) in [7, 11) is 1.69. The lowest BCUT2D eigenvalue weighted by Crippen LogP contribution is -2.04. The predicted molar refractivity (Wildman–Crippen MR) is 106 cm³/mol. The SMILES string of the molecule is CC(C)CCc1cccc(C(C)C)c1.COCCOCCC(C)C. The molecular formula is C22H40O2. The molecule has 0 bridgehead atoms. The summed E-state index contributed by atoms with van der Waals surface area (Å²) < 4.78 is 10.1. The van der Waals surface area contributed by atoms with Crippen LogP contribution in [0.5, 0.6) is 0 Å². The van der Waals surface area contributed by atoms with Crippen LogP contribution in [0.25, 0.3) is 0 Å². The molecule has 1 rings (SSSR count). The Morgan fingerprint density at radius 2 is 1.50 bits per heavy atom. The average molecular weight is 337 g/mol. The molecular weight excluding hydrogens is 296 g/mol. The van der Waals surface area contributed by atoms with Gasteiger partial charge in [-0.15, -0.1) is 0 Å². The molecule has 0 aliphatic carbocycles. The van der Waals surface area contributed by atoms with Crippen molar-refractivity contribution in [2.75, 3.05) is 26.9 Å². The van der Waals surface area contributed by atoms with Gasteiger partial charge in [0.1, 0.15) is 0 Å². The van der Waals surface area contributed by atoms with Gasteiger partial charge in [0.2, 0.25) is 0 Å². The molecule has 0 aliphatic heterocycles. The third-order valence-electron chi connectivity index (χ3n) is 3.90. The van der Waals surface area contributed by atoms with Gasteiger partial charge in [-0.05, 0) is 48.1 Å². The molecule has 0 saturated heterocycles. The fourth-order valence-corrected chi connectivity index (χ4v) is 2.13. The second kappa shape index (κ2) is 14.5. The molecule has 0 saturated carbocycles. The summed E-state index contributed by atoms with van der Waals surface area (Å²) in [5.41, 5.74) is 2.95. The number of methoxy groups -OCH3 is 1. The Bertz CT molecular complexity index is 397. The van der Waals surface area contributed by atoms with Crippen molar-refractivity contribution in [1.29, 1.82) is 0 Å². The summed E-state index contributed by atoms with van der Waals surface area (Å²) in [6.07, 6.45) is 3.66. The number of rotatable bonds is 10. The van der Waals surface area contributed by atoms with Crippen LogP contribution in [0.1, 0.15) is 71.4 Å². The highest BCUT2D eigenvalue weighted by molar-refractivity contribution is 5.25. The van der Waals surface area contributed by atoms with Crippen molar-refractivity contribution < 1.29 is 9.47 Å². The molecule has 0 N–H and O–H groups in total. The maximum absolute atomic E-state index is 5.26. The first-order chi connectivity index (χ1) is 11.4. The number of hydrogen-bond acceptors (Lipinski definition) is 2. The van der Waals surface area contributed by atoms with E-state index in [-0.39, 0.29) is 0 Å². The molecule has 24 heavy (non-hydrogen) atoms. The zero-order valence-corrected chi connectivity index (χ0v) is 17.1. The molecule has 1 aromatic carbocycles. The van der Waals surface area contributed by atoms with E-state index >= 15 is 0 Å². The Kier molecular flexibility index (Phi) is 14.0. The standard InChI is InChI=1S/C14H22.C8H18O2/c1-11(2)8-9-13-6-5-7-14(10-13)12(3)4;1-8(2)4-5-10-7-6-9-3/h5-7,10-12H,8-9H2,1-4H3;8H,4-7H2,1-3H3. The van der Waals surface area contributed by atoms with Crippen LogP contribution >= 0.6 is 0 Å². The summed E-state index contributed by atoms with van der Waals surface area (Å²) in [4.78, 5) is 0. The van der Waals surface area contributed by atoms with Gasteiger partial charge in [-0.1, -0.05) is 65.8 Å². The Morgan fingerprint density at radius 1 is 0.833 bits per heavy atom. The van der Waals surface area contributed by atoms with E-state index in [0.29, 0.717) is 12.5 Å². The van der Waals surface area contributed by atoms with Gasteiger partial charge in [-0.3, -0.25) is 0 Å². The lowest BCUT2D eigenvalue weighted by Gasteiger charge is -2.09.